The van der Waals surface area contributed by atoms with E-state index in [-0.39, 0.29) is 23.8 Å². The molecule has 0 aromatic carbocycles. The summed E-state index contributed by atoms with van der Waals surface area (Å²) in [4.78, 5) is 48.3. The summed E-state index contributed by atoms with van der Waals surface area (Å²) in [5.41, 5.74) is 0.924. The third-order valence-electron chi connectivity index (χ3n) is 6.21. The molecule has 0 N–H and O–H groups in total. The zero-order valence-electron chi connectivity index (χ0n) is 17.6. The highest BCUT2D eigenvalue weighted by molar-refractivity contribution is 7.09. The number of amides is 2. The Morgan fingerprint density at radius 1 is 1.19 bits per heavy atom. The summed E-state index contributed by atoms with van der Waals surface area (Å²) in [5, 5.41) is 4.58. The Morgan fingerprint density at radius 3 is 2.74 bits per heavy atom. The lowest BCUT2D eigenvalue weighted by molar-refractivity contribution is -0.182. The van der Waals surface area contributed by atoms with Crippen LogP contribution in [0.4, 0.5) is 11.8 Å². The second-order valence-electron chi connectivity index (χ2n) is 8.22. The number of hydrogen-bond donors (Lipinski definition) is 0. The van der Waals surface area contributed by atoms with Crippen LogP contribution in [0.25, 0.3) is 0 Å². The van der Waals surface area contributed by atoms with Crippen LogP contribution in [-0.2, 0) is 14.4 Å². The lowest BCUT2D eigenvalue weighted by Gasteiger charge is -2.34. The molecule has 0 saturated carbocycles. The molecule has 3 aliphatic rings. The maximum atomic E-state index is 13.2. The fourth-order valence-corrected chi connectivity index (χ4v) is 5.19. The van der Waals surface area contributed by atoms with Gasteiger partial charge in [0, 0.05) is 50.0 Å². The van der Waals surface area contributed by atoms with E-state index in [1.54, 1.807) is 33.6 Å². The van der Waals surface area contributed by atoms with Gasteiger partial charge in [0.05, 0.1) is 17.3 Å². The Balaban J connectivity index is 1.22. The molecule has 0 bridgehead atoms. The number of aryl methyl sites for hydroxylation is 1. The normalized spacial score (nSPS) is 22.5. The van der Waals surface area contributed by atoms with Crippen molar-refractivity contribution < 1.29 is 14.4 Å². The molecule has 0 radical (unpaired) electrons. The van der Waals surface area contributed by atoms with Crippen molar-refractivity contribution in [1.82, 2.24) is 20.0 Å². The van der Waals surface area contributed by atoms with Gasteiger partial charge < -0.3 is 4.90 Å². The van der Waals surface area contributed by atoms with E-state index >= 15 is 0 Å². The predicted molar refractivity (Wildman–Crippen MR) is 116 cm³/mol. The zero-order chi connectivity index (χ0) is 21.4. The number of rotatable bonds is 4. The van der Waals surface area contributed by atoms with Crippen LogP contribution in [0.2, 0.25) is 0 Å². The molecular weight excluding hydrogens is 416 g/mol. The van der Waals surface area contributed by atoms with Crippen LogP contribution in [0.5, 0.6) is 0 Å². The third-order valence-corrected chi connectivity index (χ3v) is 7.00. The molecule has 1 atom stereocenters. The first-order chi connectivity index (χ1) is 15.1. The SMILES string of the molecule is Cc1nc([C@@H]2CCON2C(=O)C2CCN(c3nccc(N4CCCC4=O)n3)CC2)cs1. The second-order valence-corrected chi connectivity index (χ2v) is 9.28. The van der Waals surface area contributed by atoms with E-state index in [2.05, 4.69) is 19.9 Å². The average molecular weight is 443 g/mol. The number of nitrogens with zero attached hydrogens (tertiary/aromatic N) is 6. The Labute approximate surface area is 185 Å². The van der Waals surface area contributed by atoms with Gasteiger partial charge in [-0.15, -0.1) is 11.3 Å². The molecule has 5 heterocycles. The Morgan fingerprint density at radius 2 is 2.03 bits per heavy atom. The molecule has 5 rings (SSSR count). The number of carbonyl (C=O) groups is 2. The maximum Gasteiger partial charge on any atom is 0.250 e. The first-order valence-corrected chi connectivity index (χ1v) is 11.7. The molecule has 0 aliphatic carbocycles. The summed E-state index contributed by atoms with van der Waals surface area (Å²) in [5.74, 6) is 1.36. The van der Waals surface area contributed by atoms with Crippen LogP contribution in [-0.4, -0.2) is 58.1 Å². The Hall–Kier alpha value is -2.59. The molecule has 3 saturated heterocycles. The van der Waals surface area contributed by atoms with Crippen molar-refractivity contribution in [2.75, 3.05) is 36.0 Å². The summed E-state index contributed by atoms with van der Waals surface area (Å²) in [7, 11) is 0. The molecule has 0 unspecified atom stereocenters. The number of aromatic nitrogens is 3. The molecule has 2 aromatic rings. The maximum absolute atomic E-state index is 13.2. The van der Waals surface area contributed by atoms with E-state index in [1.807, 2.05) is 12.3 Å². The standard InChI is InChI=1S/C21H26N6O3S/c1-14-23-16(13-31-14)17-7-12-30-27(17)20(29)15-5-10-25(11-6-15)21-22-8-4-18(24-21)26-9-2-3-19(26)28/h4,8,13,15,17H,2-3,5-7,9-12H2,1H3/t17-/m0/s1. The van der Waals surface area contributed by atoms with Gasteiger partial charge in [0.15, 0.2) is 0 Å². The highest BCUT2D eigenvalue weighted by atomic mass is 32.1. The zero-order valence-corrected chi connectivity index (χ0v) is 18.4. The summed E-state index contributed by atoms with van der Waals surface area (Å²) < 4.78 is 0. The van der Waals surface area contributed by atoms with Crippen molar-refractivity contribution in [2.24, 2.45) is 5.92 Å². The van der Waals surface area contributed by atoms with Crippen molar-refractivity contribution in [2.45, 2.75) is 45.1 Å². The first-order valence-electron chi connectivity index (χ1n) is 10.9. The number of carbonyl (C=O) groups excluding carboxylic acids is 2. The largest absolute Gasteiger partial charge is 0.341 e. The van der Waals surface area contributed by atoms with Gasteiger partial charge in [-0.2, -0.15) is 4.98 Å². The van der Waals surface area contributed by atoms with Crippen LogP contribution < -0.4 is 9.80 Å². The van der Waals surface area contributed by atoms with Crippen LogP contribution in [0.1, 0.15) is 48.8 Å². The topological polar surface area (TPSA) is 91.8 Å². The van der Waals surface area contributed by atoms with Gasteiger partial charge in [-0.1, -0.05) is 0 Å². The van der Waals surface area contributed by atoms with Crippen LogP contribution in [0.15, 0.2) is 17.6 Å². The molecule has 2 aromatic heterocycles. The third kappa shape index (κ3) is 4.01. The molecule has 9 nitrogen and oxygen atoms in total. The minimum Gasteiger partial charge on any atom is -0.341 e. The van der Waals surface area contributed by atoms with Gasteiger partial charge in [-0.25, -0.2) is 15.0 Å². The highest BCUT2D eigenvalue weighted by Gasteiger charge is 2.38. The van der Waals surface area contributed by atoms with Crippen molar-refractivity contribution >= 4 is 34.9 Å². The van der Waals surface area contributed by atoms with Crippen LogP contribution in [0.3, 0.4) is 0 Å². The first kappa shape index (κ1) is 20.3. The van der Waals surface area contributed by atoms with Gasteiger partial charge in [0.1, 0.15) is 11.9 Å². The molecule has 31 heavy (non-hydrogen) atoms. The van der Waals surface area contributed by atoms with E-state index < -0.39 is 0 Å². The number of hydrogen-bond acceptors (Lipinski definition) is 8. The van der Waals surface area contributed by atoms with Gasteiger partial charge in [0.25, 0.3) is 0 Å². The highest BCUT2D eigenvalue weighted by Crippen LogP contribution is 2.34. The lowest BCUT2D eigenvalue weighted by atomic mass is 9.95. The molecule has 164 valence electrons. The summed E-state index contributed by atoms with van der Waals surface area (Å²) in [6, 6.07) is 1.70. The van der Waals surface area contributed by atoms with Gasteiger partial charge in [-0.3, -0.25) is 19.3 Å². The minimum atomic E-state index is -0.0894. The molecule has 2 amide bonds. The molecular formula is C21H26N6O3S. The average Bonchev–Trinajstić information content (AvgIpc) is 3.54. The van der Waals surface area contributed by atoms with Gasteiger partial charge >= 0.3 is 0 Å². The number of hydroxylamine groups is 2. The Bertz CT molecular complexity index is 974. The fourth-order valence-electron chi connectivity index (χ4n) is 4.53. The number of thiazole rings is 1. The molecule has 10 heteroatoms. The van der Waals surface area contributed by atoms with Crippen molar-refractivity contribution in [3.8, 4) is 0 Å². The smallest absolute Gasteiger partial charge is 0.250 e. The molecule has 0 spiro atoms. The van der Waals surface area contributed by atoms with Crippen LogP contribution in [0, 0.1) is 12.8 Å². The number of piperidine rings is 1. The summed E-state index contributed by atoms with van der Waals surface area (Å²) in [6.45, 7) is 4.62. The monoisotopic (exact) mass is 442 g/mol. The summed E-state index contributed by atoms with van der Waals surface area (Å²) in [6.07, 6.45) is 5.37. The summed E-state index contributed by atoms with van der Waals surface area (Å²) >= 11 is 1.60. The molecule has 3 aliphatic heterocycles. The van der Waals surface area contributed by atoms with Crippen molar-refractivity contribution in [3.63, 3.8) is 0 Å². The van der Waals surface area contributed by atoms with E-state index in [0.29, 0.717) is 44.4 Å². The van der Waals surface area contributed by atoms with E-state index in [1.165, 1.54) is 0 Å². The lowest BCUT2D eigenvalue weighted by Crippen LogP contribution is -2.42. The number of anilines is 2. The Kier molecular flexibility index (Phi) is 5.58. The van der Waals surface area contributed by atoms with E-state index in [4.69, 9.17) is 4.84 Å². The minimum absolute atomic E-state index is 0.0464. The van der Waals surface area contributed by atoms with Gasteiger partial charge in [0.2, 0.25) is 17.8 Å². The second kappa shape index (κ2) is 8.51. The van der Waals surface area contributed by atoms with Crippen molar-refractivity contribution in [1.29, 1.82) is 0 Å². The molecule has 3 fully saturated rings. The quantitative estimate of drug-likeness (QED) is 0.718. The van der Waals surface area contributed by atoms with Crippen LogP contribution >= 0.6 is 11.3 Å². The van der Waals surface area contributed by atoms with E-state index in [0.717, 1.165) is 36.4 Å². The van der Waals surface area contributed by atoms with Crippen molar-refractivity contribution in [3.05, 3.63) is 28.3 Å². The van der Waals surface area contributed by atoms with E-state index in [9.17, 15) is 9.59 Å². The predicted octanol–water partition coefficient (Wildman–Crippen LogP) is 2.49. The van der Waals surface area contributed by atoms with Gasteiger partial charge in [-0.05, 0) is 32.3 Å². The fraction of sp³-hybridized carbons (Fsp3) is 0.571.